The lowest BCUT2D eigenvalue weighted by molar-refractivity contribution is -0.105. The summed E-state index contributed by atoms with van der Waals surface area (Å²) in [4.78, 5) is 25.6. The number of carbonyl (C=O) groups excluding carboxylic acids is 1. The average molecular weight is 356 g/mol. The molecule has 3 aromatic rings. The quantitative estimate of drug-likeness (QED) is 0.672. The van der Waals surface area contributed by atoms with E-state index in [4.69, 9.17) is 9.47 Å². The van der Waals surface area contributed by atoms with Gasteiger partial charge in [0.15, 0.2) is 0 Å². The number of nitrogens with one attached hydrogen (secondary N) is 1. The molecule has 1 amide bonds. The van der Waals surface area contributed by atoms with Crippen LogP contribution in [0.3, 0.4) is 0 Å². The number of anilines is 2. The van der Waals surface area contributed by atoms with Crippen molar-refractivity contribution in [2.45, 2.75) is 0 Å². The van der Waals surface area contributed by atoms with Crippen LogP contribution in [0.2, 0.25) is 0 Å². The number of hydrogen-bond donors (Lipinski definition) is 1. The first-order valence-electron chi connectivity index (χ1n) is 7.83. The van der Waals surface area contributed by atoms with Crippen LogP contribution in [0.1, 0.15) is 0 Å². The minimum absolute atomic E-state index is 0.408. The van der Waals surface area contributed by atoms with Gasteiger partial charge in [-0.15, -0.1) is 0 Å². The summed E-state index contributed by atoms with van der Waals surface area (Å²) < 4.78 is 13.0. The lowest BCUT2D eigenvalue weighted by Gasteiger charge is -2.17. The van der Waals surface area contributed by atoms with Gasteiger partial charge in [0.05, 0.1) is 31.6 Å². The van der Waals surface area contributed by atoms with E-state index in [0.29, 0.717) is 35.5 Å². The fourth-order valence-corrected chi connectivity index (χ4v) is 2.74. The van der Waals surface area contributed by atoms with E-state index in [2.05, 4.69) is 20.3 Å². The molecule has 0 atom stereocenters. The van der Waals surface area contributed by atoms with Gasteiger partial charge in [0, 0.05) is 26.5 Å². The van der Waals surface area contributed by atoms with Crippen molar-refractivity contribution in [2.24, 2.45) is 7.05 Å². The second-order valence-corrected chi connectivity index (χ2v) is 5.79. The van der Waals surface area contributed by atoms with E-state index in [0.717, 1.165) is 16.6 Å². The zero-order chi connectivity index (χ0) is 18.8. The van der Waals surface area contributed by atoms with Crippen molar-refractivity contribution < 1.29 is 14.3 Å². The van der Waals surface area contributed by atoms with Crippen LogP contribution in [-0.4, -0.2) is 54.2 Å². The lowest BCUT2D eigenvalue weighted by atomic mass is 10.2. The van der Waals surface area contributed by atoms with Gasteiger partial charge in [0.25, 0.3) is 0 Å². The topological polar surface area (TPSA) is 94.4 Å². The first kappa shape index (κ1) is 17.5. The van der Waals surface area contributed by atoms with Crippen LogP contribution in [0.15, 0.2) is 18.3 Å². The monoisotopic (exact) mass is 356 g/mol. The van der Waals surface area contributed by atoms with Crippen molar-refractivity contribution in [3.8, 4) is 23.0 Å². The Hall–Kier alpha value is -3.36. The maximum Gasteiger partial charge on any atom is 0.231 e. The number of ether oxygens (including phenoxy) is 2. The summed E-state index contributed by atoms with van der Waals surface area (Å²) in [7, 11) is 8.71. The number of rotatable bonds is 6. The zero-order valence-electron chi connectivity index (χ0n) is 15.3. The summed E-state index contributed by atoms with van der Waals surface area (Å²) in [5.41, 5.74) is 2.34. The molecule has 136 valence electrons. The molecule has 0 aliphatic heterocycles. The molecule has 0 saturated carbocycles. The fourth-order valence-electron chi connectivity index (χ4n) is 2.74. The smallest absolute Gasteiger partial charge is 0.231 e. The number of methoxy groups -OCH3 is 2. The van der Waals surface area contributed by atoms with Gasteiger partial charge in [-0.3, -0.25) is 4.79 Å². The molecule has 0 aromatic carbocycles. The fraction of sp³-hybridized carbons (Fsp3) is 0.294. The molecule has 0 aliphatic carbocycles. The second-order valence-electron chi connectivity index (χ2n) is 5.79. The van der Waals surface area contributed by atoms with E-state index in [-0.39, 0.29) is 0 Å². The number of aryl methyl sites for hydroxylation is 1. The highest BCUT2D eigenvalue weighted by molar-refractivity contribution is 5.91. The van der Waals surface area contributed by atoms with E-state index >= 15 is 0 Å². The van der Waals surface area contributed by atoms with Crippen molar-refractivity contribution in [2.75, 3.05) is 38.5 Å². The number of amides is 1. The molecule has 0 spiro atoms. The molecule has 9 heteroatoms. The van der Waals surface area contributed by atoms with Gasteiger partial charge in [-0.05, 0) is 12.1 Å². The molecule has 0 aliphatic rings. The molecule has 3 heterocycles. The number of aromatic nitrogens is 4. The summed E-state index contributed by atoms with van der Waals surface area (Å²) in [6, 6.07) is 3.74. The van der Waals surface area contributed by atoms with Gasteiger partial charge in [0.2, 0.25) is 24.1 Å². The third-order valence-corrected chi connectivity index (χ3v) is 4.01. The maximum atomic E-state index is 10.6. The Bertz CT molecular complexity index is 942. The van der Waals surface area contributed by atoms with E-state index in [1.165, 1.54) is 0 Å². The van der Waals surface area contributed by atoms with Crippen LogP contribution in [0.4, 0.5) is 11.8 Å². The van der Waals surface area contributed by atoms with Crippen LogP contribution in [0.5, 0.6) is 11.8 Å². The third-order valence-electron chi connectivity index (χ3n) is 4.01. The normalized spacial score (nSPS) is 10.7. The molecule has 0 bridgehead atoms. The van der Waals surface area contributed by atoms with Crippen molar-refractivity contribution in [3.63, 3.8) is 0 Å². The lowest BCUT2D eigenvalue weighted by Crippen LogP contribution is -2.14. The summed E-state index contributed by atoms with van der Waals surface area (Å²) in [5.74, 6) is 1.78. The molecule has 9 nitrogen and oxygen atoms in total. The van der Waals surface area contributed by atoms with Gasteiger partial charge in [-0.1, -0.05) is 0 Å². The molecule has 0 unspecified atom stereocenters. The van der Waals surface area contributed by atoms with E-state index in [1.807, 2.05) is 31.8 Å². The Morgan fingerprint density at radius 1 is 1.15 bits per heavy atom. The van der Waals surface area contributed by atoms with Crippen molar-refractivity contribution in [1.29, 1.82) is 0 Å². The van der Waals surface area contributed by atoms with Crippen LogP contribution in [-0.2, 0) is 11.8 Å². The Morgan fingerprint density at radius 2 is 1.81 bits per heavy atom. The zero-order valence-corrected chi connectivity index (χ0v) is 15.3. The van der Waals surface area contributed by atoms with Crippen molar-refractivity contribution in [1.82, 2.24) is 19.5 Å². The van der Waals surface area contributed by atoms with Crippen molar-refractivity contribution >= 4 is 29.1 Å². The number of pyridine rings is 1. The van der Waals surface area contributed by atoms with E-state index in [1.54, 1.807) is 31.4 Å². The third kappa shape index (κ3) is 2.87. The minimum Gasteiger partial charge on any atom is -0.480 e. The summed E-state index contributed by atoms with van der Waals surface area (Å²) >= 11 is 0. The largest absolute Gasteiger partial charge is 0.480 e. The van der Waals surface area contributed by atoms with E-state index in [9.17, 15) is 4.79 Å². The number of fused-ring (bicyclic) bond motifs is 1. The van der Waals surface area contributed by atoms with Gasteiger partial charge in [-0.2, -0.15) is 9.97 Å². The molecule has 26 heavy (non-hydrogen) atoms. The van der Waals surface area contributed by atoms with Gasteiger partial charge in [-0.25, -0.2) is 4.98 Å². The first-order valence-corrected chi connectivity index (χ1v) is 7.83. The van der Waals surface area contributed by atoms with Crippen molar-refractivity contribution in [3.05, 3.63) is 18.3 Å². The van der Waals surface area contributed by atoms with Crippen LogP contribution >= 0.6 is 0 Å². The highest BCUT2D eigenvalue weighted by atomic mass is 16.5. The minimum atomic E-state index is 0.408. The summed E-state index contributed by atoms with van der Waals surface area (Å²) in [6.45, 7) is 0. The van der Waals surface area contributed by atoms with E-state index < -0.39 is 0 Å². The number of nitrogens with zero attached hydrogens (tertiary/aromatic N) is 5. The summed E-state index contributed by atoms with van der Waals surface area (Å²) in [5, 5.41) is 3.46. The first-order chi connectivity index (χ1) is 12.5. The highest BCUT2D eigenvalue weighted by Crippen LogP contribution is 2.39. The molecular formula is C17H20N6O3. The van der Waals surface area contributed by atoms with Gasteiger partial charge in [0.1, 0.15) is 11.4 Å². The van der Waals surface area contributed by atoms with Crippen LogP contribution in [0, 0.1) is 0 Å². The Balaban J connectivity index is 2.25. The number of carbonyl (C=O) groups is 1. The predicted molar refractivity (Wildman–Crippen MR) is 98.9 cm³/mol. The van der Waals surface area contributed by atoms with Gasteiger partial charge >= 0.3 is 0 Å². The molecular weight excluding hydrogens is 336 g/mol. The molecule has 1 N–H and O–H groups in total. The predicted octanol–water partition coefficient (Wildman–Crippen LogP) is 1.68. The maximum absolute atomic E-state index is 10.6. The van der Waals surface area contributed by atoms with Crippen LogP contribution < -0.4 is 19.7 Å². The Labute approximate surface area is 150 Å². The molecule has 0 fully saturated rings. The van der Waals surface area contributed by atoms with Crippen LogP contribution in [0.25, 0.3) is 22.2 Å². The van der Waals surface area contributed by atoms with Gasteiger partial charge < -0.3 is 24.3 Å². The molecule has 3 rings (SSSR count). The standard InChI is InChI=1S/C17H20N6O3/c1-22(2)17-20-15(25-4)14(16(21-17)26-5)11-6-10-7-13(19-9-24)18-8-12(10)23(11)3/h6-9H,1-5H3,(H,18,19,24). The molecule has 3 aromatic heterocycles. The molecule has 0 saturated heterocycles. The Morgan fingerprint density at radius 3 is 2.35 bits per heavy atom. The average Bonchev–Trinajstić information content (AvgIpc) is 2.96. The SMILES string of the molecule is COc1nc(N(C)C)nc(OC)c1-c1cc2cc(NC=O)ncc2n1C. The Kier molecular flexibility index (Phi) is 4.61. The number of hydrogen-bond acceptors (Lipinski definition) is 7. The summed E-state index contributed by atoms with van der Waals surface area (Å²) in [6.07, 6.45) is 2.29. The second kappa shape index (κ2) is 6.87. The highest BCUT2D eigenvalue weighted by Gasteiger charge is 2.22. The molecule has 0 radical (unpaired) electrons.